The van der Waals surface area contributed by atoms with E-state index >= 15 is 4.39 Å². The van der Waals surface area contributed by atoms with Crippen molar-refractivity contribution in [2.45, 2.75) is 32.9 Å². The van der Waals surface area contributed by atoms with Crippen LogP contribution in [0.15, 0.2) is 54.6 Å². The van der Waals surface area contributed by atoms with Crippen molar-refractivity contribution in [3.63, 3.8) is 0 Å². The first-order valence-electron chi connectivity index (χ1n) is 12.5. The number of nitrogens with two attached hydrogens (primary N) is 1. The van der Waals surface area contributed by atoms with E-state index in [2.05, 4.69) is 10.2 Å². The Morgan fingerprint density at radius 2 is 1.89 bits per heavy atom. The summed E-state index contributed by atoms with van der Waals surface area (Å²) in [5.41, 5.74) is 7.94. The third-order valence-corrected chi connectivity index (χ3v) is 5.92. The van der Waals surface area contributed by atoms with Gasteiger partial charge in [-0.3, -0.25) is 5.41 Å². The summed E-state index contributed by atoms with van der Waals surface area (Å²) in [4.78, 5) is 7.09. The molecule has 4 N–H and O–H groups in total. The van der Waals surface area contributed by atoms with Crippen molar-refractivity contribution in [2.75, 3.05) is 43.1 Å². The van der Waals surface area contributed by atoms with Crippen LogP contribution in [0.5, 0.6) is 11.5 Å². The number of hydrogen-bond acceptors (Lipinski definition) is 7. The number of ether oxygens (including phenoxy) is 3. The maximum Gasteiger partial charge on any atom is 0.171 e. The molecule has 0 saturated carbocycles. The number of aromatic nitrogens is 1. The molecule has 2 heterocycles. The normalized spacial score (nSPS) is 14.4. The van der Waals surface area contributed by atoms with E-state index in [4.69, 9.17) is 30.3 Å². The minimum absolute atomic E-state index is 0.0195. The van der Waals surface area contributed by atoms with Gasteiger partial charge in [-0.2, -0.15) is 0 Å². The van der Waals surface area contributed by atoms with E-state index in [1.54, 1.807) is 24.3 Å². The fourth-order valence-electron chi connectivity index (χ4n) is 4.19. The van der Waals surface area contributed by atoms with Gasteiger partial charge in [0.25, 0.3) is 0 Å². The Bertz CT molecular complexity index is 1210. The Balaban J connectivity index is 1.80. The lowest BCUT2D eigenvalue weighted by atomic mass is 10.0. The number of pyridine rings is 1. The molecule has 0 radical (unpaired) electrons. The van der Waals surface area contributed by atoms with Gasteiger partial charge in [-0.05, 0) is 63.2 Å². The van der Waals surface area contributed by atoms with Crippen molar-refractivity contribution in [1.82, 2.24) is 4.98 Å². The summed E-state index contributed by atoms with van der Waals surface area (Å²) < 4.78 is 33.1. The number of amidine groups is 1. The molecule has 0 bridgehead atoms. The van der Waals surface area contributed by atoms with Crippen LogP contribution in [0.4, 0.5) is 15.9 Å². The quantitative estimate of drug-likeness (QED) is 0.269. The van der Waals surface area contributed by atoms with Crippen molar-refractivity contribution in [2.24, 2.45) is 5.73 Å². The average Bonchev–Trinajstić information content (AvgIpc) is 2.90. The summed E-state index contributed by atoms with van der Waals surface area (Å²) in [6.07, 6.45) is -0.215. The fourth-order valence-corrected chi connectivity index (χ4v) is 4.19. The molecular weight excluding hydrogens is 473 g/mol. The second-order valence-corrected chi connectivity index (χ2v) is 9.01. The lowest BCUT2D eigenvalue weighted by Gasteiger charge is -2.29. The van der Waals surface area contributed by atoms with E-state index in [-0.39, 0.29) is 17.7 Å². The number of benzene rings is 2. The lowest BCUT2D eigenvalue weighted by molar-refractivity contribution is 0.122. The molecule has 1 saturated heterocycles. The maximum absolute atomic E-state index is 16.0. The van der Waals surface area contributed by atoms with E-state index in [1.165, 1.54) is 0 Å². The highest BCUT2D eigenvalue weighted by Crippen LogP contribution is 2.36. The summed E-state index contributed by atoms with van der Waals surface area (Å²) in [6.45, 7) is 8.77. The monoisotopic (exact) mass is 507 g/mol. The number of rotatable bonds is 10. The molecule has 2 aromatic carbocycles. The standard InChI is InChI=1S/C28H34FN5O3/c1-4-36-21-16-22(26(29)24(17-21)37-18(2)3)27(32-20-10-8-19(9-11-20)28(30)31)23-6-5-7-25(33-23)34-12-14-35-15-13-34/h5-11,16-18,27,32H,4,12-15H2,1-3H3,(H3,30,31). The van der Waals surface area contributed by atoms with E-state index in [0.717, 1.165) is 24.6 Å². The molecule has 1 atom stereocenters. The minimum atomic E-state index is -0.654. The zero-order valence-corrected chi connectivity index (χ0v) is 21.5. The molecule has 0 amide bonds. The SMILES string of the molecule is CCOc1cc(OC(C)C)c(F)c(C(Nc2ccc(C(=N)N)cc2)c2cccc(N3CCOCC3)n2)c1. The van der Waals surface area contributed by atoms with Crippen LogP contribution in [0.25, 0.3) is 0 Å². The van der Waals surface area contributed by atoms with Gasteiger partial charge >= 0.3 is 0 Å². The molecule has 1 fully saturated rings. The van der Waals surface area contributed by atoms with Crippen molar-refractivity contribution in [3.8, 4) is 11.5 Å². The van der Waals surface area contributed by atoms with Gasteiger partial charge in [-0.25, -0.2) is 9.37 Å². The summed E-state index contributed by atoms with van der Waals surface area (Å²) in [6, 6.07) is 15.5. The second-order valence-electron chi connectivity index (χ2n) is 9.01. The smallest absolute Gasteiger partial charge is 0.171 e. The van der Waals surface area contributed by atoms with Gasteiger partial charge < -0.3 is 30.2 Å². The third-order valence-electron chi connectivity index (χ3n) is 5.92. The lowest BCUT2D eigenvalue weighted by Crippen LogP contribution is -2.37. The molecule has 4 rings (SSSR count). The molecule has 1 aliphatic rings. The summed E-state index contributed by atoms with van der Waals surface area (Å²) in [5, 5.41) is 11.1. The van der Waals surface area contributed by atoms with Crippen LogP contribution >= 0.6 is 0 Å². The largest absolute Gasteiger partial charge is 0.494 e. The Hall–Kier alpha value is -3.85. The Kier molecular flexibility index (Phi) is 8.45. The first kappa shape index (κ1) is 26.2. The number of anilines is 2. The molecule has 37 heavy (non-hydrogen) atoms. The van der Waals surface area contributed by atoms with E-state index in [1.807, 2.05) is 51.1 Å². The van der Waals surface area contributed by atoms with Crippen LogP contribution < -0.4 is 25.4 Å². The van der Waals surface area contributed by atoms with Gasteiger partial charge in [0.2, 0.25) is 0 Å². The van der Waals surface area contributed by atoms with Gasteiger partial charge in [-0.15, -0.1) is 0 Å². The summed E-state index contributed by atoms with van der Waals surface area (Å²) in [7, 11) is 0. The first-order chi connectivity index (χ1) is 17.9. The van der Waals surface area contributed by atoms with Crippen LogP contribution in [-0.2, 0) is 4.74 Å². The molecule has 3 aromatic rings. The van der Waals surface area contributed by atoms with E-state index in [0.29, 0.717) is 42.4 Å². The van der Waals surface area contributed by atoms with E-state index < -0.39 is 11.9 Å². The van der Waals surface area contributed by atoms with Gasteiger partial charge in [0.05, 0.1) is 37.7 Å². The van der Waals surface area contributed by atoms with Crippen LogP contribution in [0.3, 0.4) is 0 Å². The zero-order valence-electron chi connectivity index (χ0n) is 21.5. The van der Waals surface area contributed by atoms with Crippen molar-refractivity contribution >= 4 is 17.3 Å². The van der Waals surface area contributed by atoms with Crippen LogP contribution in [0.1, 0.15) is 43.6 Å². The average molecular weight is 508 g/mol. The number of nitrogens with one attached hydrogen (secondary N) is 2. The summed E-state index contributed by atoms with van der Waals surface area (Å²) in [5.74, 6) is 0.943. The number of nitrogens with zero attached hydrogens (tertiary/aromatic N) is 2. The van der Waals surface area contributed by atoms with Crippen molar-refractivity contribution in [3.05, 3.63) is 77.2 Å². The molecular formula is C28H34FN5O3. The Labute approximate surface area is 217 Å². The molecule has 1 aliphatic heterocycles. The minimum Gasteiger partial charge on any atom is -0.494 e. The van der Waals surface area contributed by atoms with Crippen LogP contribution in [0, 0.1) is 11.2 Å². The topological polar surface area (TPSA) is 106 Å². The van der Waals surface area contributed by atoms with Crippen LogP contribution in [-0.4, -0.2) is 49.8 Å². The van der Waals surface area contributed by atoms with Crippen LogP contribution in [0.2, 0.25) is 0 Å². The maximum atomic E-state index is 16.0. The predicted octanol–water partition coefficient (Wildman–Crippen LogP) is 4.73. The zero-order chi connectivity index (χ0) is 26.4. The van der Waals surface area contributed by atoms with Gasteiger partial charge in [-0.1, -0.05) is 6.07 Å². The first-order valence-corrected chi connectivity index (χ1v) is 12.5. The second kappa shape index (κ2) is 11.9. The van der Waals surface area contributed by atoms with Gasteiger partial charge in [0, 0.05) is 36.0 Å². The van der Waals surface area contributed by atoms with Crippen molar-refractivity contribution < 1.29 is 18.6 Å². The fraction of sp³-hybridized carbons (Fsp3) is 0.357. The molecule has 0 aliphatic carbocycles. The van der Waals surface area contributed by atoms with Crippen molar-refractivity contribution in [1.29, 1.82) is 5.41 Å². The van der Waals surface area contributed by atoms with E-state index in [9.17, 15) is 0 Å². The molecule has 0 spiro atoms. The summed E-state index contributed by atoms with van der Waals surface area (Å²) >= 11 is 0. The molecule has 9 heteroatoms. The highest BCUT2D eigenvalue weighted by atomic mass is 19.1. The Morgan fingerprint density at radius 3 is 2.54 bits per heavy atom. The molecule has 1 unspecified atom stereocenters. The molecule has 8 nitrogen and oxygen atoms in total. The number of hydrogen-bond donors (Lipinski definition) is 3. The predicted molar refractivity (Wildman–Crippen MR) is 144 cm³/mol. The molecule has 1 aromatic heterocycles. The third kappa shape index (κ3) is 6.48. The highest BCUT2D eigenvalue weighted by Gasteiger charge is 2.25. The highest BCUT2D eigenvalue weighted by molar-refractivity contribution is 5.95. The van der Waals surface area contributed by atoms with Gasteiger partial charge in [0.1, 0.15) is 17.4 Å². The number of nitrogen functional groups attached to an aromatic ring is 1. The number of halogens is 1. The Morgan fingerprint density at radius 1 is 1.16 bits per heavy atom. The van der Waals surface area contributed by atoms with Gasteiger partial charge in [0.15, 0.2) is 11.6 Å². The molecule has 196 valence electrons. The number of morpholine rings is 1.